The Morgan fingerprint density at radius 3 is 2.18 bits per heavy atom. The van der Waals surface area contributed by atoms with E-state index in [-0.39, 0.29) is 11.4 Å². The highest BCUT2D eigenvalue weighted by atomic mass is 16.2. The van der Waals surface area contributed by atoms with Crippen molar-refractivity contribution >= 4 is 11.6 Å². The molecular formula is C23H30N4O. The van der Waals surface area contributed by atoms with E-state index < -0.39 is 0 Å². The standard InChI is InChI=1S/C23H30N4O/c1-2-22(28)26-14-10-23(11-15-26,20-6-4-3-5-7-20)27-18-16-25(17-19-27)21-8-12-24-13-9-21/h3-9,12-13H,2,10-11,14-19H2,1H3. The third kappa shape index (κ3) is 3.63. The molecule has 1 aromatic heterocycles. The number of hydrogen-bond donors (Lipinski definition) is 0. The highest BCUT2D eigenvalue weighted by Crippen LogP contribution is 2.40. The van der Waals surface area contributed by atoms with Crippen LogP contribution >= 0.6 is 0 Å². The van der Waals surface area contributed by atoms with E-state index in [9.17, 15) is 4.79 Å². The molecule has 2 fully saturated rings. The van der Waals surface area contributed by atoms with Crippen LogP contribution in [0.2, 0.25) is 0 Å². The van der Waals surface area contributed by atoms with Crippen molar-refractivity contribution in [2.75, 3.05) is 44.2 Å². The van der Waals surface area contributed by atoms with Crippen LogP contribution in [-0.4, -0.2) is 60.0 Å². The third-order valence-corrected chi connectivity index (χ3v) is 6.47. The molecule has 0 atom stereocenters. The lowest BCUT2D eigenvalue weighted by molar-refractivity contribution is -0.134. The molecule has 0 aliphatic carbocycles. The Hall–Kier alpha value is -2.40. The van der Waals surface area contributed by atoms with E-state index in [1.807, 2.05) is 19.3 Å². The van der Waals surface area contributed by atoms with Crippen molar-refractivity contribution in [1.29, 1.82) is 0 Å². The van der Waals surface area contributed by atoms with Crippen molar-refractivity contribution in [3.63, 3.8) is 0 Å². The quantitative estimate of drug-likeness (QED) is 0.820. The zero-order valence-electron chi connectivity index (χ0n) is 16.8. The van der Waals surface area contributed by atoms with Gasteiger partial charge in [0.25, 0.3) is 0 Å². The average molecular weight is 379 g/mol. The monoisotopic (exact) mass is 378 g/mol. The van der Waals surface area contributed by atoms with Gasteiger partial charge in [0.2, 0.25) is 5.91 Å². The van der Waals surface area contributed by atoms with E-state index in [1.54, 1.807) is 0 Å². The second-order valence-electron chi connectivity index (χ2n) is 7.81. The van der Waals surface area contributed by atoms with Gasteiger partial charge in [-0.3, -0.25) is 14.7 Å². The van der Waals surface area contributed by atoms with E-state index >= 15 is 0 Å². The topological polar surface area (TPSA) is 39.7 Å². The predicted octanol–water partition coefficient (Wildman–Crippen LogP) is 3.13. The molecule has 0 unspecified atom stereocenters. The van der Waals surface area contributed by atoms with Crippen LogP contribution in [0.1, 0.15) is 31.7 Å². The average Bonchev–Trinajstić information content (AvgIpc) is 2.80. The van der Waals surface area contributed by atoms with Gasteiger partial charge in [0, 0.05) is 69.3 Å². The number of pyridine rings is 1. The Bertz CT molecular complexity index is 764. The number of benzene rings is 1. The van der Waals surface area contributed by atoms with Gasteiger partial charge in [0.15, 0.2) is 0 Å². The van der Waals surface area contributed by atoms with Crippen LogP contribution in [0.3, 0.4) is 0 Å². The van der Waals surface area contributed by atoms with E-state index in [1.165, 1.54) is 11.3 Å². The smallest absolute Gasteiger partial charge is 0.222 e. The molecule has 5 nitrogen and oxygen atoms in total. The van der Waals surface area contributed by atoms with Crippen LogP contribution in [0.15, 0.2) is 54.9 Å². The summed E-state index contributed by atoms with van der Waals surface area (Å²) in [6, 6.07) is 15.1. The zero-order valence-corrected chi connectivity index (χ0v) is 16.8. The van der Waals surface area contributed by atoms with E-state index in [0.29, 0.717) is 6.42 Å². The summed E-state index contributed by atoms with van der Waals surface area (Å²) in [5.41, 5.74) is 2.69. The molecule has 0 saturated carbocycles. The molecule has 28 heavy (non-hydrogen) atoms. The van der Waals surface area contributed by atoms with Crippen molar-refractivity contribution in [1.82, 2.24) is 14.8 Å². The Morgan fingerprint density at radius 2 is 1.57 bits per heavy atom. The first-order valence-corrected chi connectivity index (χ1v) is 10.5. The second-order valence-corrected chi connectivity index (χ2v) is 7.81. The lowest BCUT2D eigenvalue weighted by Crippen LogP contribution is -2.59. The largest absolute Gasteiger partial charge is 0.369 e. The fourth-order valence-corrected chi connectivity index (χ4v) is 4.83. The molecule has 5 heteroatoms. The van der Waals surface area contributed by atoms with Gasteiger partial charge >= 0.3 is 0 Å². The first-order chi connectivity index (χ1) is 13.7. The molecule has 148 valence electrons. The number of anilines is 1. The summed E-state index contributed by atoms with van der Waals surface area (Å²) in [7, 11) is 0. The summed E-state index contributed by atoms with van der Waals surface area (Å²) in [5.74, 6) is 0.282. The first-order valence-electron chi connectivity index (χ1n) is 10.5. The molecule has 2 aromatic rings. The summed E-state index contributed by atoms with van der Waals surface area (Å²) >= 11 is 0. The van der Waals surface area contributed by atoms with Gasteiger partial charge in [-0.05, 0) is 30.5 Å². The van der Waals surface area contributed by atoms with Gasteiger partial charge in [-0.25, -0.2) is 0 Å². The summed E-state index contributed by atoms with van der Waals surface area (Å²) in [6.07, 6.45) is 6.36. The van der Waals surface area contributed by atoms with E-state index in [4.69, 9.17) is 0 Å². The molecular weight excluding hydrogens is 348 g/mol. The Balaban J connectivity index is 1.52. The van der Waals surface area contributed by atoms with Crippen LogP contribution in [0.4, 0.5) is 5.69 Å². The van der Waals surface area contributed by atoms with Crippen LogP contribution in [0.25, 0.3) is 0 Å². The maximum atomic E-state index is 12.2. The van der Waals surface area contributed by atoms with Crippen molar-refractivity contribution in [2.24, 2.45) is 0 Å². The van der Waals surface area contributed by atoms with Crippen LogP contribution in [-0.2, 0) is 10.3 Å². The fraction of sp³-hybridized carbons (Fsp3) is 0.478. The van der Waals surface area contributed by atoms with Crippen LogP contribution < -0.4 is 4.90 Å². The van der Waals surface area contributed by atoms with Gasteiger partial charge in [-0.15, -0.1) is 0 Å². The molecule has 1 amide bonds. The molecule has 0 bridgehead atoms. The molecule has 3 heterocycles. The molecule has 2 aliphatic heterocycles. The van der Waals surface area contributed by atoms with Gasteiger partial charge in [0.05, 0.1) is 0 Å². The summed E-state index contributed by atoms with van der Waals surface area (Å²) in [6.45, 7) is 7.79. The first kappa shape index (κ1) is 18.9. The minimum absolute atomic E-state index is 0.0378. The molecule has 1 aromatic carbocycles. The van der Waals surface area contributed by atoms with E-state index in [0.717, 1.165) is 52.1 Å². The minimum atomic E-state index is 0.0378. The SMILES string of the molecule is CCC(=O)N1CCC(c2ccccc2)(N2CCN(c3ccncc3)CC2)CC1. The number of aromatic nitrogens is 1. The van der Waals surface area contributed by atoms with Gasteiger partial charge in [-0.2, -0.15) is 0 Å². The number of rotatable bonds is 4. The molecule has 2 saturated heterocycles. The lowest BCUT2D eigenvalue weighted by atomic mass is 9.78. The lowest BCUT2D eigenvalue weighted by Gasteiger charge is -2.52. The van der Waals surface area contributed by atoms with Crippen LogP contribution in [0, 0.1) is 0 Å². The number of hydrogen-bond acceptors (Lipinski definition) is 4. The van der Waals surface area contributed by atoms with Gasteiger partial charge < -0.3 is 9.80 Å². The van der Waals surface area contributed by atoms with Gasteiger partial charge in [-0.1, -0.05) is 37.3 Å². The summed E-state index contributed by atoms with van der Waals surface area (Å²) < 4.78 is 0. The van der Waals surface area contributed by atoms with Gasteiger partial charge in [0.1, 0.15) is 0 Å². The predicted molar refractivity (Wildman–Crippen MR) is 112 cm³/mol. The Labute approximate surface area is 168 Å². The molecule has 0 radical (unpaired) electrons. The summed E-state index contributed by atoms with van der Waals surface area (Å²) in [5, 5.41) is 0. The molecule has 0 N–H and O–H groups in total. The maximum Gasteiger partial charge on any atom is 0.222 e. The minimum Gasteiger partial charge on any atom is -0.369 e. The number of likely N-dealkylation sites (tertiary alicyclic amines) is 1. The second kappa shape index (κ2) is 8.31. The molecule has 4 rings (SSSR count). The number of amides is 1. The number of carbonyl (C=O) groups excluding carboxylic acids is 1. The maximum absolute atomic E-state index is 12.2. The van der Waals surface area contributed by atoms with Crippen molar-refractivity contribution in [2.45, 2.75) is 31.7 Å². The summed E-state index contributed by atoms with van der Waals surface area (Å²) in [4.78, 5) is 23.5. The van der Waals surface area contributed by atoms with E-state index in [2.05, 4.69) is 62.1 Å². The molecule has 2 aliphatic rings. The normalized spacial score (nSPS) is 20.2. The number of piperazine rings is 1. The third-order valence-electron chi connectivity index (χ3n) is 6.47. The van der Waals surface area contributed by atoms with Crippen molar-refractivity contribution < 1.29 is 4.79 Å². The number of nitrogens with zero attached hydrogens (tertiary/aromatic N) is 4. The van der Waals surface area contributed by atoms with Crippen molar-refractivity contribution in [3.05, 3.63) is 60.4 Å². The Kier molecular flexibility index (Phi) is 5.62. The molecule has 0 spiro atoms. The zero-order chi connectivity index (χ0) is 19.4. The highest BCUT2D eigenvalue weighted by molar-refractivity contribution is 5.75. The van der Waals surface area contributed by atoms with Crippen molar-refractivity contribution in [3.8, 4) is 0 Å². The number of carbonyl (C=O) groups is 1. The Morgan fingerprint density at radius 1 is 0.929 bits per heavy atom. The fourth-order valence-electron chi connectivity index (χ4n) is 4.83. The van der Waals surface area contributed by atoms with Crippen LogP contribution in [0.5, 0.6) is 0 Å². The number of piperidine rings is 1. The highest BCUT2D eigenvalue weighted by Gasteiger charge is 2.42.